The average Bonchev–Trinajstić information content (AvgIpc) is 2.66. The molecule has 0 aliphatic rings. The van der Waals surface area contributed by atoms with Gasteiger partial charge in [0.1, 0.15) is 0 Å². The molecule has 1 aromatic heterocycles. The Morgan fingerprint density at radius 2 is 2.33 bits per heavy atom. The Morgan fingerprint density at radius 1 is 1.60 bits per heavy atom. The molecule has 0 saturated carbocycles. The minimum atomic E-state index is -1.22. The Kier molecular flexibility index (Phi) is 4.90. The summed E-state index contributed by atoms with van der Waals surface area (Å²) in [6.45, 7) is 0. The molecule has 0 saturated heterocycles. The van der Waals surface area contributed by atoms with E-state index in [9.17, 15) is 9.00 Å². The molecule has 1 aromatic rings. The molecular weight excluding hydrogens is 236 g/mol. The van der Waals surface area contributed by atoms with Crippen LogP contribution in [0.3, 0.4) is 0 Å². The largest absolute Gasteiger partial charge is 0.475 e. The highest BCUT2D eigenvalue weighted by Crippen LogP contribution is 2.13. The summed E-state index contributed by atoms with van der Waals surface area (Å²) < 4.78 is 16.5. The van der Waals surface area contributed by atoms with Crippen LogP contribution in [0.5, 0.6) is 0 Å². The number of rotatable bonds is 6. The summed E-state index contributed by atoms with van der Waals surface area (Å²) in [6, 6.07) is 2.78. The van der Waals surface area contributed by atoms with E-state index in [0.717, 1.165) is 12.2 Å². The molecule has 1 heterocycles. The van der Waals surface area contributed by atoms with E-state index in [0.29, 0.717) is 5.75 Å². The first-order valence-electron chi connectivity index (χ1n) is 4.35. The van der Waals surface area contributed by atoms with Crippen molar-refractivity contribution in [2.45, 2.75) is 11.5 Å². The van der Waals surface area contributed by atoms with Crippen LogP contribution in [-0.2, 0) is 10.8 Å². The lowest BCUT2D eigenvalue weighted by Crippen LogP contribution is -1.98. The fraction of sp³-hybridized carbons (Fsp3) is 0.444. The fourth-order valence-corrected chi connectivity index (χ4v) is 2.62. The normalized spacial score (nSPS) is 12.6. The van der Waals surface area contributed by atoms with E-state index in [1.807, 2.05) is 6.26 Å². The molecule has 15 heavy (non-hydrogen) atoms. The lowest BCUT2D eigenvalue weighted by molar-refractivity contribution is 0.0656. The van der Waals surface area contributed by atoms with Crippen molar-refractivity contribution in [2.75, 3.05) is 17.8 Å². The predicted molar refractivity (Wildman–Crippen MR) is 59.9 cm³/mol. The molecular formula is C9H12O4S2. The third kappa shape index (κ3) is 3.71. The Bertz CT molecular complexity index is 359. The number of carboxylic acids is 1. The van der Waals surface area contributed by atoms with Gasteiger partial charge in [-0.05, 0) is 30.6 Å². The Labute approximate surface area is 94.5 Å². The smallest absolute Gasteiger partial charge is 0.371 e. The van der Waals surface area contributed by atoms with Crippen molar-refractivity contribution in [2.24, 2.45) is 0 Å². The summed E-state index contributed by atoms with van der Waals surface area (Å²) >= 11 is 1.69. The van der Waals surface area contributed by atoms with Crippen molar-refractivity contribution in [1.29, 1.82) is 0 Å². The van der Waals surface area contributed by atoms with Crippen molar-refractivity contribution in [3.05, 3.63) is 17.9 Å². The average molecular weight is 248 g/mol. The molecule has 0 amide bonds. The minimum absolute atomic E-state index is 0.164. The van der Waals surface area contributed by atoms with Gasteiger partial charge in [0, 0.05) is 5.75 Å². The molecule has 1 rings (SSSR count). The number of aromatic carboxylic acids is 1. The van der Waals surface area contributed by atoms with Crippen molar-refractivity contribution in [1.82, 2.24) is 0 Å². The Morgan fingerprint density at radius 3 is 2.87 bits per heavy atom. The lowest BCUT2D eigenvalue weighted by atomic mass is 10.5. The Balaban J connectivity index is 2.54. The van der Waals surface area contributed by atoms with Crippen LogP contribution in [0.4, 0.5) is 0 Å². The topological polar surface area (TPSA) is 67.5 Å². The summed E-state index contributed by atoms with van der Waals surface area (Å²) in [4.78, 5) is 10.5. The molecule has 1 atom stereocenters. The molecule has 1 unspecified atom stereocenters. The highest BCUT2D eigenvalue weighted by Gasteiger charge is 2.13. The summed E-state index contributed by atoms with van der Waals surface area (Å²) in [5, 5.41) is 8.84. The third-order valence-corrected chi connectivity index (χ3v) is 3.72. The molecule has 0 aliphatic carbocycles. The van der Waals surface area contributed by atoms with E-state index < -0.39 is 16.8 Å². The van der Waals surface area contributed by atoms with Gasteiger partial charge in [-0.3, -0.25) is 4.21 Å². The summed E-state index contributed by atoms with van der Waals surface area (Å²) in [7, 11) is -1.22. The van der Waals surface area contributed by atoms with Crippen LogP contribution in [0.1, 0.15) is 17.0 Å². The van der Waals surface area contributed by atoms with Crippen LogP contribution in [0, 0.1) is 0 Å². The molecule has 0 spiro atoms. The van der Waals surface area contributed by atoms with Crippen molar-refractivity contribution >= 4 is 28.5 Å². The molecule has 84 valence electrons. The van der Waals surface area contributed by atoms with Gasteiger partial charge in [0.05, 0.1) is 10.8 Å². The van der Waals surface area contributed by atoms with E-state index >= 15 is 0 Å². The minimum Gasteiger partial charge on any atom is -0.475 e. The first-order valence-corrected chi connectivity index (χ1v) is 7.07. The van der Waals surface area contributed by atoms with E-state index in [1.165, 1.54) is 12.1 Å². The molecule has 0 aromatic carbocycles. The monoisotopic (exact) mass is 248 g/mol. The third-order valence-electron chi connectivity index (χ3n) is 1.69. The molecule has 6 heteroatoms. The lowest BCUT2D eigenvalue weighted by Gasteiger charge is -1.97. The zero-order valence-corrected chi connectivity index (χ0v) is 9.90. The van der Waals surface area contributed by atoms with Crippen molar-refractivity contribution in [3.63, 3.8) is 0 Å². The van der Waals surface area contributed by atoms with Crippen LogP contribution < -0.4 is 0 Å². The van der Waals surface area contributed by atoms with Gasteiger partial charge in [0.2, 0.25) is 5.76 Å². The maximum Gasteiger partial charge on any atom is 0.371 e. The molecule has 0 radical (unpaired) electrons. The number of carbonyl (C=O) groups is 1. The summed E-state index contributed by atoms with van der Waals surface area (Å²) in [5.41, 5.74) is 0. The van der Waals surface area contributed by atoms with Crippen LogP contribution in [0.25, 0.3) is 0 Å². The zero-order valence-electron chi connectivity index (χ0n) is 8.26. The van der Waals surface area contributed by atoms with Crippen LogP contribution in [0.2, 0.25) is 0 Å². The molecule has 1 N–H and O–H groups in total. The number of hydrogen-bond donors (Lipinski definition) is 1. The Hall–Kier alpha value is -0.750. The van der Waals surface area contributed by atoms with E-state index in [1.54, 1.807) is 11.8 Å². The molecule has 4 nitrogen and oxygen atoms in total. The first kappa shape index (κ1) is 12.3. The molecule has 0 aliphatic heterocycles. The number of furan rings is 1. The number of hydrogen-bond acceptors (Lipinski definition) is 4. The SMILES string of the molecule is CSCCCS(=O)c1ccc(C(=O)O)o1. The molecule has 0 fully saturated rings. The van der Waals surface area contributed by atoms with Gasteiger partial charge < -0.3 is 9.52 Å². The second kappa shape index (κ2) is 5.97. The van der Waals surface area contributed by atoms with Gasteiger partial charge in [-0.1, -0.05) is 0 Å². The highest BCUT2D eigenvalue weighted by atomic mass is 32.2. The quantitative estimate of drug-likeness (QED) is 0.778. The van der Waals surface area contributed by atoms with Gasteiger partial charge in [-0.25, -0.2) is 4.79 Å². The maximum absolute atomic E-state index is 11.6. The molecule has 0 bridgehead atoms. The van der Waals surface area contributed by atoms with Crippen LogP contribution in [-0.4, -0.2) is 33.0 Å². The second-order valence-corrected chi connectivity index (χ2v) is 5.31. The highest BCUT2D eigenvalue weighted by molar-refractivity contribution is 7.98. The summed E-state index contributed by atoms with van der Waals surface area (Å²) in [5.74, 6) is 0.150. The number of thioether (sulfide) groups is 1. The van der Waals surface area contributed by atoms with E-state index in [4.69, 9.17) is 9.52 Å². The van der Waals surface area contributed by atoms with Gasteiger partial charge in [0.25, 0.3) is 0 Å². The van der Waals surface area contributed by atoms with Gasteiger partial charge >= 0.3 is 5.97 Å². The summed E-state index contributed by atoms with van der Waals surface area (Å²) in [6.07, 6.45) is 2.81. The maximum atomic E-state index is 11.6. The van der Waals surface area contributed by atoms with Crippen LogP contribution in [0.15, 0.2) is 21.6 Å². The van der Waals surface area contributed by atoms with Crippen molar-refractivity contribution in [3.8, 4) is 0 Å². The number of carboxylic acid groups (broad SMARTS) is 1. The predicted octanol–water partition coefficient (Wildman–Crippen LogP) is 1.84. The van der Waals surface area contributed by atoms with Gasteiger partial charge in [0.15, 0.2) is 5.09 Å². The zero-order chi connectivity index (χ0) is 11.3. The standard InChI is InChI=1S/C9H12O4S2/c1-14-5-2-6-15(12)8-4-3-7(13-8)9(10)11/h3-4H,2,5-6H2,1H3,(H,10,11). The van der Waals surface area contributed by atoms with E-state index in [-0.39, 0.29) is 10.9 Å². The first-order chi connectivity index (χ1) is 7.15. The van der Waals surface area contributed by atoms with Gasteiger partial charge in [-0.15, -0.1) is 0 Å². The fourth-order valence-electron chi connectivity index (χ4n) is 0.992. The van der Waals surface area contributed by atoms with Gasteiger partial charge in [-0.2, -0.15) is 11.8 Å². The van der Waals surface area contributed by atoms with Crippen LogP contribution >= 0.6 is 11.8 Å². The van der Waals surface area contributed by atoms with E-state index in [2.05, 4.69) is 0 Å². The second-order valence-electron chi connectivity index (χ2n) is 2.82. The van der Waals surface area contributed by atoms with Crippen molar-refractivity contribution < 1.29 is 18.5 Å².